The maximum atomic E-state index is 12.4. The van der Waals surface area contributed by atoms with E-state index in [0.717, 1.165) is 25.9 Å². The van der Waals surface area contributed by atoms with Gasteiger partial charge in [-0.1, -0.05) is 32.9 Å². The van der Waals surface area contributed by atoms with Gasteiger partial charge in [-0.15, -0.1) is 0 Å². The van der Waals surface area contributed by atoms with Crippen LogP contribution in [-0.4, -0.2) is 61.4 Å². The highest BCUT2D eigenvalue weighted by molar-refractivity contribution is 5.94. The Labute approximate surface area is 151 Å². The van der Waals surface area contributed by atoms with Crippen LogP contribution in [0.4, 0.5) is 0 Å². The van der Waals surface area contributed by atoms with Crippen molar-refractivity contribution in [2.24, 2.45) is 0 Å². The van der Waals surface area contributed by atoms with Crippen molar-refractivity contribution >= 4 is 5.91 Å². The molecular weight excluding hydrogens is 316 g/mol. The molecule has 0 radical (unpaired) electrons. The first-order valence-electron chi connectivity index (χ1n) is 9.10. The molecule has 1 heterocycles. The molecule has 2 rings (SSSR count). The molecule has 0 saturated carbocycles. The van der Waals surface area contributed by atoms with E-state index in [2.05, 4.69) is 31.0 Å². The minimum atomic E-state index is -0.447. The number of aliphatic hydroxyl groups is 1. The van der Waals surface area contributed by atoms with Crippen molar-refractivity contribution in [3.8, 4) is 0 Å². The summed E-state index contributed by atoms with van der Waals surface area (Å²) in [5.41, 5.74) is 2.03. The molecule has 1 fully saturated rings. The largest absolute Gasteiger partial charge is 0.389 e. The van der Waals surface area contributed by atoms with Crippen LogP contribution < -0.4 is 5.32 Å². The molecule has 1 saturated heterocycles. The lowest BCUT2D eigenvalue weighted by Gasteiger charge is -2.33. The highest BCUT2D eigenvalue weighted by Gasteiger charge is 2.23. The number of aliphatic hydroxyl groups excluding tert-OH is 1. The summed E-state index contributed by atoms with van der Waals surface area (Å²) in [7, 11) is 1.60. The number of rotatable bonds is 6. The average Bonchev–Trinajstić information content (AvgIpc) is 2.56. The maximum absolute atomic E-state index is 12.4. The number of nitrogens with zero attached hydrogens (tertiary/aromatic N) is 1. The lowest BCUT2D eigenvalue weighted by Crippen LogP contribution is -2.47. The van der Waals surface area contributed by atoms with Crippen LogP contribution in [0, 0.1) is 0 Å². The SMILES string of the molecule is COCC(O)CN1CCC(NC(=O)c2ccc(C(C)(C)C)cc2)CC1. The van der Waals surface area contributed by atoms with E-state index in [9.17, 15) is 9.90 Å². The van der Waals surface area contributed by atoms with Gasteiger partial charge >= 0.3 is 0 Å². The molecule has 0 bridgehead atoms. The van der Waals surface area contributed by atoms with Crippen LogP contribution in [0.3, 0.4) is 0 Å². The Morgan fingerprint density at radius 2 is 1.88 bits per heavy atom. The summed E-state index contributed by atoms with van der Waals surface area (Å²) >= 11 is 0. The standard InChI is InChI=1S/C20H32N2O3/c1-20(2,3)16-7-5-15(6-8-16)19(24)21-17-9-11-22(12-10-17)13-18(23)14-25-4/h5-8,17-18,23H,9-14H2,1-4H3,(H,21,24). The molecule has 1 atom stereocenters. The molecule has 2 N–H and O–H groups in total. The Morgan fingerprint density at radius 1 is 1.28 bits per heavy atom. The van der Waals surface area contributed by atoms with Crippen LogP contribution in [0.1, 0.15) is 49.5 Å². The molecule has 25 heavy (non-hydrogen) atoms. The van der Waals surface area contributed by atoms with Gasteiger partial charge in [0.15, 0.2) is 0 Å². The molecule has 1 aromatic carbocycles. The lowest BCUT2D eigenvalue weighted by molar-refractivity contribution is 0.0309. The van der Waals surface area contributed by atoms with Gasteiger partial charge in [-0.2, -0.15) is 0 Å². The summed E-state index contributed by atoms with van der Waals surface area (Å²) in [5, 5.41) is 12.9. The van der Waals surface area contributed by atoms with Crippen LogP contribution in [0.5, 0.6) is 0 Å². The zero-order valence-corrected chi connectivity index (χ0v) is 15.9. The minimum Gasteiger partial charge on any atom is -0.389 e. The lowest BCUT2D eigenvalue weighted by atomic mass is 9.86. The quantitative estimate of drug-likeness (QED) is 0.827. The van der Waals surface area contributed by atoms with Gasteiger partial charge in [0.25, 0.3) is 5.91 Å². The second-order valence-corrected chi connectivity index (χ2v) is 7.98. The van der Waals surface area contributed by atoms with Crippen LogP contribution in [0.15, 0.2) is 24.3 Å². The van der Waals surface area contributed by atoms with Crippen molar-refractivity contribution in [2.45, 2.75) is 51.2 Å². The van der Waals surface area contributed by atoms with Crippen molar-refractivity contribution in [3.05, 3.63) is 35.4 Å². The summed E-state index contributed by atoms with van der Waals surface area (Å²) < 4.78 is 4.96. The van der Waals surface area contributed by atoms with Gasteiger partial charge < -0.3 is 20.1 Å². The number of β-amino-alcohol motifs (C(OH)–C–C–N with tert-alkyl or cyclic N) is 1. The Hall–Kier alpha value is -1.43. The van der Waals surface area contributed by atoms with E-state index in [0.29, 0.717) is 18.7 Å². The number of hydrogen-bond donors (Lipinski definition) is 2. The van der Waals surface area contributed by atoms with Gasteiger partial charge in [0, 0.05) is 38.3 Å². The molecule has 1 aliphatic heterocycles. The van der Waals surface area contributed by atoms with Crippen LogP contribution in [0.25, 0.3) is 0 Å². The van der Waals surface area contributed by atoms with E-state index in [1.54, 1.807) is 7.11 Å². The average molecular weight is 348 g/mol. The van der Waals surface area contributed by atoms with Crippen LogP contribution in [-0.2, 0) is 10.2 Å². The zero-order valence-electron chi connectivity index (χ0n) is 15.9. The van der Waals surface area contributed by atoms with E-state index in [-0.39, 0.29) is 17.4 Å². The fraction of sp³-hybridized carbons (Fsp3) is 0.650. The predicted octanol–water partition coefficient (Wildman–Crippen LogP) is 2.19. The third-order valence-corrected chi connectivity index (χ3v) is 4.76. The van der Waals surface area contributed by atoms with Crippen molar-refractivity contribution in [1.82, 2.24) is 10.2 Å². The van der Waals surface area contributed by atoms with Gasteiger partial charge in [-0.3, -0.25) is 4.79 Å². The molecule has 0 spiro atoms. The first kappa shape index (κ1) is 19.9. The fourth-order valence-corrected chi connectivity index (χ4v) is 3.19. The van der Waals surface area contributed by atoms with E-state index in [1.165, 1.54) is 5.56 Å². The highest BCUT2D eigenvalue weighted by atomic mass is 16.5. The second kappa shape index (κ2) is 8.79. The van der Waals surface area contributed by atoms with Gasteiger partial charge in [-0.25, -0.2) is 0 Å². The molecule has 1 aliphatic rings. The summed E-state index contributed by atoms with van der Waals surface area (Å²) in [6.45, 7) is 9.26. The number of carbonyl (C=O) groups is 1. The third kappa shape index (κ3) is 6.10. The van der Waals surface area contributed by atoms with Gasteiger partial charge in [0.05, 0.1) is 12.7 Å². The molecule has 0 aliphatic carbocycles. The van der Waals surface area contributed by atoms with Crippen LogP contribution >= 0.6 is 0 Å². The first-order valence-corrected chi connectivity index (χ1v) is 9.10. The monoisotopic (exact) mass is 348 g/mol. The number of benzene rings is 1. The Bertz CT molecular complexity index is 543. The second-order valence-electron chi connectivity index (χ2n) is 7.98. The van der Waals surface area contributed by atoms with Gasteiger partial charge in [0.1, 0.15) is 0 Å². The molecule has 1 amide bonds. The Kier molecular flexibility index (Phi) is 6.99. The molecule has 140 valence electrons. The molecule has 0 aromatic heterocycles. The molecule has 5 heteroatoms. The molecule has 1 unspecified atom stereocenters. The topological polar surface area (TPSA) is 61.8 Å². The van der Waals surface area contributed by atoms with E-state index in [1.807, 2.05) is 24.3 Å². The Morgan fingerprint density at radius 3 is 2.40 bits per heavy atom. The fourth-order valence-electron chi connectivity index (χ4n) is 3.19. The van der Waals surface area contributed by atoms with Crippen molar-refractivity contribution < 1.29 is 14.6 Å². The summed E-state index contributed by atoms with van der Waals surface area (Å²) in [5.74, 6) is -0.00155. The number of likely N-dealkylation sites (tertiary alicyclic amines) is 1. The maximum Gasteiger partial charge on any atom is 0.251 e. The predicted molar refractivity (Wildman–Crippen MR) is 100.0 cm³/mol. The van der Waals surface area contributed by atoms with Crippen LogP contribution in [0.2, 0.25) is 0 Å². The minimum absolute atomic E-state index is 0.00155. The number of ether oxygens (including phenoxy) is 1. The number of carbonyl (C=O) groups excluding carboxylic acids is 1. The van der Waals surface area contributed by atoms with Crippen molar-refractivity contribution in [3.63, 3.8) is 0 Å². The summed E-state index contributed by atoms with van der Waals surface area (Å²) in [6, 6.07) is 8.09. The number of nitrogens with one attached hydrogen (secondary N) is 1. The van der Waals surface area contributed by atoms with Crippen molar-refractivity contribution in [2.75, 3.05) is 33.4 Å². The van der Waals surface area contributed by atoms with E-state index < -0.39 is 6.10 Å². The first-order chi connectivity index (χ1) is 11.8. The molecule has 5 nitrogen and oxygen atoms in total. The summed E-state index contributed by atoms with van der Waals surface area (Å²) in [4.78, 5) is 14.7. The zero-order chi connectivity index (χ0) is 18.4. The Balaban J connectivity index is 1.80. The highest BCUT2D eigenvalue weighted by Crippen LogP contribution is 2.22. The van der Waals surface area contributed by atoms with E-state index in [4.69, 9.17) is 4.74 Å². The molecular formula is C20H32N2O3. The molecule has 1 aromatic rings. The smallest absolute Gasteiger partial charge is 0.251 e. The van der Waals surface area contributed by atoms with Gasteiger partial charge in [0.2, 0.25) is 0 Å². The van der Waals surface area contributed by atoms with Crippen molar-refractivity contribution in [1.29, 1.82) is 0 Å². The third-order valence-electron chi connectivity index (χ3n) is 4.76. The van der Waals surface area contributed by atoms with E-state index >= 15 is 0 Å². The number of amides is 1. The summed E-state index contributed by atoms with van der Waals surface area (Å²) in [6.07, 6.45) is 1.37. The number of hydrogen-bond acceptors (Lipinski definition) is 4. The van der Waals surface area contributed by atoms with Gasteiger partial charge in [-0.05, 0) is 36.0 Å². The number of piperidine rings is 1. The number of methoxy groups -OCH3 is 1. The normalized spacial score (nSPS) is 18.1.